The van der Waals surface area contributed by atoms with Gasteiger partial charge in [0.1, 0.15) is 0 Å². The summed E-state index contributed by atoms with van der Waals surface area (Å²) in [6, 6.07) is -0.300. The van der Waals surface area contributed by atoms with Gasteiger partial charge in [0.25, 0.3) is 0 Å². The van der Waals surface area contributed by atoms with Crippen molar-refractivity contribution in [2.24, 2.45) is 0 Å². The quantitative estimate of drug-likeness (QED) is 0.709. The first-order valence-electron chi connectivity index (χ1n) is 5.87. The van der Waals surface area contributed by atoms with Crippen LogP contribution in [0.15, 0.2) is 0 Å². The second-order valence-electron chi connectivity index (χ2n) is 5.07. The van der Waals surface area contributed by atoms with E-state index in [1.807, 2.05) is 0 Å². The Morgan fingerprint density at radius 2 is 2.17 bits per heavy atom. The lowest BCUT2D eigenvalue weighted by atomic mass is 10.0. The van der Waals surface area contributed by atoms with Crippen molar-refractivity contribution in [3.63, 3.8) is 0 Å². The number of sulfone groups is 1. The summed E-state index contributed by atoms with van der Waals surface area (Å²) in [5, 5.41) is 2.91. The van der Waals surface area contributed by atoms with Gasteiger partial charge in [0.05, 0.1) is 23.6 Å². The van der Waals surface area contributed by atoms with Crippen LogP contribution >= 0.6 is 0 Å². The SMILES string of the molecule is C#CCN(C(=O)C(C)(C)NC)C1CCS(=O)(=O)C1. The molecule has 1 N–H and O–H groups in total. The molecule has 5 nitrogen and oxygen atoms in total. The van der Waals surface area contributed by atoms with Gasteiger partial charge in [-0.1, -0.05) is 5.92 Å². The minimum atomic E-state index is -3.03. The molecule has 0 aliphatic carbocycles. The third kappa shape index (κ3) is 3.24. The Kier molecular flexibility index (Phi) is 4.41. The number of rotatable bonds is 4. The number of hydrogen-bond acceptors (Lipinski definition) is 4. The lowest BCUT2D eigenvalue weighted by Gasteiger charge is -2.34. The van der Waals surface area contributed by atoms with E-state index in [9.17, 15) is 13.2 Å². The molecule has 1 aliphatic heterocycles. The molecule has 0 bridgehead atoms. The van der Waals surface area contributed by atoms with E-state index in [0.717, 1.165) is 0 Å². The Bertz CT molecular complexity index is 462. The van der Waals surface area contributed by atoms with Crippen molar-refractivity contribution in [3.05, 3.63) is 0 Å². The highest BCUT2D eigenvalue weighted by Crippen LogP contribution is 2.20. The highest BCUT2D eigenvalue weighted by molar-refractivity contribution is 7.91. The Morgan fingerprint density at radius 1 is 1.56 bits per heavy atom. The van der Waals surface area contributed by atoms with Gasteiger partial charge in [-0.15, -0.1) is 6.42 Å². The third-order valence-corrected chi connectivity index (χ3v) is 5.08. The Labute approximate surface area is 109 Å². The van der Waals surface area contributed by atoms with Crippen LogP contribution in [-0.2, 0) is 14.6 Å². The van der Waals surface area contributed by atoms with Crippen LogP contribution in [0, 0.1) is 12.3 Å². The van der Waals surface area contributed by atoms with Gasteiger partial charge in [-0.3, -0.25) is 4.79 Å². The van der Waals surface area contributed by atoms with Crippen molar-refractivity contribution in [3.8, 4) is 12.3 Å². The summed E-state index contributed by atoms with van der Waals surface area (Å²) in [6.07, 6.45) is 5.74. The summed E-state index contributed by atoms with van der Waals surface area (Å²) < 4.78 is 23.0. The molecule has 0 spiro atoms. The molecule has 1 atom stereocenters. The predicted molar refractivity (Wildman–Crippen MR) is 70.7 cm³/mol. The van der Waals surface area contributed by atoms with Crippen LogP contribution < -0.4 is 5.32 Å². The summed E-state index contributed by atoms with van der Waals surface area (Å²) >= 11 is 0. The van der Waals surface area contributed by atoms with Gasteiger partial charge >= 0.3 is 0 Å². The van der Waals surface area contributed by atoms with Crippen LogP contribution in [-0.4, -0.2) is 55.9 Å². The molecule has 6 heteroatoms. The molecular formula is C12H20N2O3S. The van der Waals surface area contributed by atoms with Gasteiger partial charge < -0.3 is 10.2 Å². The van der Waals surface area contributed by atoms with E-state index in [0.29, 0.717) is 6.42 Å². The van der Waals surface area contributed by atoms with Crippen LogP contribution in [0.3, 0.4) is 0 Å². The van der Waals surface area contributed by atoms with E-state index >= 15 is 0 Å². The second-order valence-corrected chi connectivity index (χ2v) is 7.30. The standard InChI is InChI=1S/C12H20N2O3S/c1-5-7-14(11(15)12(2,3)13-4)10-6-8-18(16,17)9-10/h1,10,13H,6-9H2,2-4H3. The molecule has 1 rings (SSSR count). The highest BCUT2D eigenvalue weighted by Gasteiger charge is 2.38. The average molecular weight is 272 g/mol. The normalized spacial score (nSPS) is 22.4. The maximum atomic E-state index is 12.4. The Balaban J connectivity index is 2.91. The van der Waals surface area contributed by atoms with Gasteiger partial charge in [-0.2, -0.15) is 0 Å². The largest absolute Gasteiger partial charge is 0.326 e. The molecule has 18 heavy (non-hydrogen) atoms. The van der Waals surface area contributed by atoms with E-state index in [-0.39, 0.29) is 30.0 Å². The lowest BCUT2D eigenvalue weighted by Crippen LogP contribution is -2.56. The Hall–Kier alpha value is -1.06. The predicted octanol–water partition coefficient (Wildman–Crippen LogP) is -0.367. The van der Waals surface area contributed by atoms with Crippen LogP contribution in [0.5, 0.6) is 0 Å². The topological polar surface area (TPSA) is 66.5 Å². The number of carbonyl (C=O) groups is 1. The van der Waals surface area contributed by atoms with Gasteiger partial charge in [-0.05, 0) is 27.3 Å². The van der Waals surface area contributed by atoms with Crippen molar-refractivity contribution in [2.75, 3.05) is 25.1 Å². The number of nitrogens with zero attached hydrogens (tertiary/aromatic N) is 1. The van der Waals surface area contributed by atoms with Gasteiger partial charge in [0.15, 0.2) is 9.84 Å². The third-order valence-electron chi connectivity index (χ3n) is 3.33. The fourth-order valence-electron chi connectivity index (χ4n) is 1.95. The molecule has 1 unspecified atom stereocenters. The van der Waals surface area contributed by atoms with Gasteiger partial charge in [-0.25, -0.2) is 8.42 Å². The van der Waals surface area contributed by atoms with E-state index in [4.69, 9.17) is 6.42 Å². The fraction of sp³-hybridized carbons (Fsp3) is 0.750. The number of terminal acetylenes is 1. The van der Waals surface area contributed by atoms with Gasteiger partial charge in [0, 0.05) is 6.04 Å². The van der Waals surface area contributed by atoms with Crippen LogP contribution in [0.2, 0.25) is 0 Å². The van der Waals surface area contributed by atoms with Crippen LogP contribution in [0.1, 0.15) is 20.3 Å². The van der Waals surface area contributed by atoms with Crippen molar-refractivity contribution in [1.82, 2.24) is 10.2 Å². The number of likely N-dealkylation sites (N-methyl/N-ethyl adjacent to an activating group) is 1. The molecule has 0 aromatic carbocycles. The van der Waals surface area contributed by atoms with E-state index in [1.165, 1.54) is 4.90 Å². The summed E-state index contributed by atoms with van der Waals surface area (Å²) in [4.78, 5) is 13.9. The number of carbonyl (C=O) groups excluding carboxylic acids is 1. The molecule has 0 saturated carbocycles. The van der Waals surface area contributed by atoms with E-state index in [1.54, 1.807) is 20.9 Å². The summed E-state index contributed by atoms with van der Waals surface area (Å²) in [7, 11) is -1.34. The van der Waals surface area contributed by atoms with E-state index in [2.05, 4.69) is 11.2 Å². The summed E-state index contributed by atoms with van der Waals surface area (Å²) in [5.74, 6) is 2.41. The minimum Gasteiger partial charge on any atom is -0.326 e. The molecule has 1 amide bonds. The maximum Gasteiger partial charge on any atom is 0.243 e. The molecule has 1 saturated heterocycles. The van der Waals surface area contributed by atoms with Crippen LogP contribution in [0.25, 0.3) is 0 Å². The summed E-state index contributed by atoms with van der Waals surface area (Å²) in [5.41, 5.74) is -0.747. The first kappa shape index (κ1) is 15.0. The summed E-state index contributed by atoms with van der Waals surface area (Å²) in [6.45, 7) is 3.65. The first-order chi connectivity index (χ1) is 8.23. The smallest absolute Gasteiger partial charge is 0.243 e. The molecule has 0 aromatic heterocycles. The molecule has 1 heterocycles. The van der Waals surface area contributed by atoms with Crippen molar-refractivity contribution in [2.45, 2.75) is 31.8 Å². The zero-order valence-corrected chi connectivity index (χ0v) is 11.9. The molecule has 0 aromatic rings. The molecule has 1 aliphatic rings. The number of hydrogen-bond donors (Lipinski definition) is 1. The zero-order valence-electron chi connectivity index (χ0n) is 11.1. The molecule has 0 radical (unpaired) electrons. The highest BCUT2D eigenvalue weighted by atomic mass is 32.2. The maximum absolute atomic E-state index is 12.4. The number of amides is 1. The van der Waals surface area contributed by atoms with Crippen molar-refractivity contribution >= 4 is 15.7 Å². The monoisotopic (exact) mass is 272 g/mol. The fourth-order valence-corrected chi connectivity index (χ4v) is 3.68. The van der Waals surface area contributed by atoms with Crippen molar-refractivity contribution in [1.29, 1.82) is 0 Å². The molecular weight excluding hydrogens is 252 g/mol. The lowest BCUT2D eigenvalue weighted by molar-refractivity contribution is -0.138. The van der Waals surface area contributed by atoms with E-state index < -0.39 is 15.4 Å². The minimum absolute atomic E-state index is 0.0141. The molecule has 102 valence electrons. The second kappa shape index (κ2) is 5.29. The first-order valence-corrected chi connectivity index (χ1v) is 7.69. The zero-order chi connectivity index (χ0) is 14.0. The number of nitrogens with one attached hydrogen (secondary N) is 1. The average Bonchev–Trinajstić information content (AvgIpc) is 2.65. The van der Waals surface area contributed by atoms with Crippen molar-refractivity contribution < 1.29 is 13.2 Å². The van der Waals surface area contributed by atoms with Gasteiger partial charge in [0.2, 0.25) is 5.91 Å². The molecule has 1 fully saturated rings. The van der Waals surface area contributed by atoms with Crippen LogP contribution in [0.4, 0.5) is 0 Å². The Morgan fingerprint density at radius 3 is 2.56 bits per heavy atom.